The van der Waals surface area contributed by atoms with E-state index in [2.05, 4.69) is 20.4 Å². The number of carbonyl (C=O) groups excluding carboxylic acids is 1. The largest absolute Gasteiger partial charge is 0.478 e. The number of ether oxygens (including phenoxy) is 2. The Morgan fingerprint density at radius 3 is 2.44 bits per heavy atom. The quantitative estimate of drug-likeness (QED) is 0.431. The molecule has 0 aliphatic heterocycles. The molecule has 162 valence electrons. The molecule has 2 heterocycles. The van der Waals surface area contributed by atoms with Crippen LogP contribution in [0.25, 0.3) is 5.82 Å². The SMILES string of the molecule is CC(C)(Oc1ccc(Cl)cc1)C(=O)Nc1ccc(Oc2cc(-n3cccn3)ncn2)cc1. The summed E-state index contributed by atoms with van der Waals surface area (Å²) in [6.45, 7) is 3.39. The summed E-state index contributed by atoms with van der Waals surface area (Å²) in [5.74, 6) is 1.79. The van der Waals surface area contributed by atoms with Gasteiger partial charge in [0.05, 0.1) is 0 Å². The molecule has 0 unspecified atom stereocenters. The molecule has 32 heavy (non-hydrogen) atoms. The molecule has 0 atom stereocenters. The van der Waals surface area contributed by atoms with Crippen molar-refractivity contribution in [3.63, 3.8) is 0 Å². The van der Waals surface area contributed by atoms with Crippen molar-refractivity contribution >= 4 is 23.2 Å². The minimum Gasteiger partial charge on any atom is -0.478 e. The van der Waals surface area contributed by atoms with Gasteiger partial charge in [0.1, 0.15) is 17.8 Å². The number of benzene rings is 2. The monoisotopic (exact) mass is 449 g/mol. The van der Waals surface area contributed by atoms with Crippen molar-refractivity contribution in [3.8, 4) is 23.2 Å². The van der Waals surface area contributed by atoms with E-state index in [4.69, 9.17) is 21.1 Å². The van der Waals surface area contributed by atoms with Crippen LogP contribution in [0.2, 0.25) is 5.02 Å². The van der Waals surface area contributed by atoms with Crippen LogP contribution < -0.4 is 14.8 Å². The molecule has 0 aliphatic carbocycles. The van der Waals surface area contributed by atoms with Crippen molar-refractivity contribution in [1.29, 1.82) is 0 Å². The molecule has 0 radical (unpaired) electrons. The number of nitrogens with one attached hydrogen (secondary N) is 1. The minimum absolute atomic E-state index is 0.291. The van der Waals surface area contributed by atoms with Gasteiger partial charge in [-0.2, -0.15) is 5.10 Å². The number of amides is 1. The van der Waals surface area contributed by atoms with Gasteiger partial charge in [0.2, 0.25) is 5.88 Å². The van der Waals surface area contributed by atoms with E-state index in [1.807, 2.05) is 0 Å². The molecule has 0 bridgehead atoms. The smallest absolute Gasteiger partial charge is 0.267 e. The second-order valence-electron chi connectivity index (χ2n) is 7.31. The zero-order chi connectivity index (χ0) is 22.6. The topological polar surface area (TPSA) is 91.2 Å². The maximum Gasteiger partial charge on any atom is 0.267 e. The zero-order valence-electron chi connectivity index (χ0n) is 17.4. The van der Waals surface area contributed by atoms with Gasteiger partial charge in [-0.25, -0.2) is 14.6 Å². The summed E-state index contributed by atoms with van der Waals surface area (Å²) in [5.41, 5.74) is -0.484. The van der Waals surface area contributed by atoms with Gasteiger partial charge in [-0.15, -0.1) is 0 Å². The van der Waals surface area contributed by atoms with Gasteiger partial charge in [-0.1, -0.05) is 11.6 Å². The van der Waals surface area contributed by atoms with E-state index in [0.29, 0.717) is 33.9 Å². The van der Waals surface area contributed by atoms with Gasteiger partial charge < -0.3 is 14.8 Å². The summed E-state index contributed by atoms with van der Waals surface area (Å²) >= 11 is 5.89. The standard InChI is InChI=1S/C23H20ClN5O3/c1-23(2,32-19-8-4-16(24)5-9-19)22(30)28-17-6-10-18(11-7-17)31-21-14-20(25-15-26-21)29-13-3-12-27-29/h3-15H,1-2H3,(H,28,30). The molecule has 9 heteroatoms. The summed E-state index contributed by atoms with van der Waals surface area (Å²) in [6.07, 6.45) is 4.85. The van der Waals surface area contributed by atoms with Crippen LogP contribution in [0.4, 0.5) is 5.69 Å². The van der Waals surface area contributed by atoms with E-state index in [0.717, 1.165) is 0 Å². The van der Waals surface area contributed by atoms with Gasteiger partial charge in [0.25, 0.3) is 5.91 Å². The number of rotatable bonds is 7. The van der Waals surface area contributed by atoms with E-state index in [1.54, 1.807) is 91.6 Å². The van der Waals surface area contributed by atoms with Crippen molar-refractivity contribution in [3.05, 3.63) is 84.4 Å². The Balaban J connectivity index is 1.39. The fourth-order valence-corrected chi connectivity index (χ4v) is 2.89. The molecule has 8 nitrogen and oxygen atoms in total. The second kappa shape index (κ2) is 9.07. The van der Waals surface area contributed by atoms with Crippen LogP contribution in [-0.2, 0) is 4.79 Å². The Morgan fingerprint density at radius 1 is 1.03 bits per heavy atom. The fraction of sp³-hybridized carbons (Fsp3) is 0.130. The third-order valence-corrected chi connectivity index (χ3v) is 4.69. The van der Waals surface area contributed by atoms with Gasteiger partial charge in [-0.05, 0) is 68.4 Å². The normalized spacial score (nSPS) is 11.1. The minimum atomic E-state index is -1.09. The lowest BCUT2D eigenvalue weighted by molar-refractivity contribution is -0.128. The molecule has 0 saturated heterocycles. The van der Waals surface area contributed by atoms with Crippen molar-refractivity contribution < 1.29 is 14.3 Å². The van der Waals surface area contributed by atoms with E-state index >= 15 is 0 Å². The van der Waals surface area contributed by atoms with Crippen molar-refractivity contribution in [2.24, 2.45) is 0 Å². The first-order valence-corrected chi connectivity index (χ1v) is 10.1. The lowest BCUT2D eigenvalue weighted by atomic mass is 10.1. The van der Waals surface area contributed by atoms with E-state index < -0.39 is 5.60 Å². The fourth-order valence-electron chi connectivity index (χ4n) is 2.77. The molecule has 4 rings (SSSR count). The molecule has 1 amide bonds. The first-order chi connectivity index (χ1) is 15.4. The highest BCUT2D eigenvalue weighted by Crippen LogP contribution is 2.25. The number of nitrogens with zero attached hydrogens (tertiary/aromatic N) is 4. The molecular formula is C23H20ClN5O3. The Hall–Kier alpha value is -3.91. The highest BCUT2D eigenvalue weighted by molar-refractivity contribution is 6.30. The first-order valence-electron chi connectivity index (χ1n) is 9.75. The Labute approximate surface area is 189 Å². The number of halogens is 1. The Bertz CT molecular complexity index is 1190. The average Bonchev–Trinajstić information content (AvgIpc) is 3.32. The van der Waals surface area contributed by atoms with Crippen LogP contribution in [0.3, 0.4) is 0 Å². The number of anilines is 1. The molecule has 0 fully saturated rings. The molecular weight excluding hydrogens is 430 g/mol. The summed E-state index contributed by atoms with van der Waals surface area (Å²) < 4.78 is 13.2. The van der Waals surface area contributed by atoms with Crippen molar-refractivity contribution in [1.82, 2.24) is 19.7 Å². The third kappa shape index (κ3) is 5.22. The predicted molar refractivity (Wildman–Crippen MR) is 120 cm³/mol. The number of carbonyl (C=O) groups is 1. The summed E-state index contributed by atoms with van der Waals surface area (Å²) in [4.78, 5) is 21.0. The highest BCUT2D eigenvalue weighted by atomic mass is 35.5. The van der Waals surface area contributed by atoms with Crippen LogP contribution in [0.5, 0.6) is 17.4 Å². The molecule has 1 N–H and O–H groups in total. The lowest BCUT2D eigenvalue weighted by Crippen LogP contribution is -2.42. The van der Waals surface area contributed by atoms with Gasteiger partial charge in [0, 0.05) is 29.2 Å². The maximum absolute atomic E-state index is 12.7. The van der Waals surface area contributed by atoms with Gasteiger partial charge in [-0.3, -0.25) is 4.79 Å². The van der Waals surface area contributed by atoms with E-state index in [9.17, 15) is 4.79 Å². The maximum atomic E-state index is 12.7. The number of hydrogen-bond donors (Lipinski definition) is 1. The van der Waals surface area contributed by atoms with Crippen LogP contribution in [0.1, 0.15) is 13.8 Å². The number of aromatic nitrogens is 4. The van der Waals surface area contributed by atoms with Crippen LogP contribution in [-0.4, -0.2) is 31.3 Å². The summed E-state index contributed by atoms with van der Waals surface area (Å²) in [7, 11) is 0. The molecule has 0 saturated carbocycles. The third-order valence-electron chi connectivity index (χ3n) is 4.43. The number of hydrogen-bond acceptors (Lipinski definition) is 6. The second-order valence-corrected chi connectivity index (χ2v) is 7.75. The van der Waals surface area contributed by atoms with Crippen molar-refractivity contribution in [2.75, 3.05) is 5.32 Å². The predicted octanol–water partition coefficient (Wildman–Crippen LogP) is 4.90. The summed E-state index contributed by atoms with van der Waals surface area (Å²) in [6, 6.07) is 17.3. The molecule has 0 aliphatic rings. The molecule has 0 spiro atoms. The summed E-state index contributed by atoms with van der Waals surface area (Å²) in [5, 5.41) is 7.59. The van der Waals surface area contributed by atoms with Crippen LogP contribution >= 0.6 is 11.6 Å². The Morgan fingerprint density at radius 2 is 1.75 bits per heavy atom. The average molecular weight is 450 g/mol. The van der Waals surface area contributed by atoms with Gasteiger partial charge in [0.15, 0.2) is 11.4 Å². The van der Waals surface area contributed by atoms with E-state index in [1.165, 1.54) is 6.33 Å². The Kier molecular flexibility index (Phi) is 6.04. The molecule has 2 aromatic carbocycles. The molecule has 2 aromatic heterocycles. The lowest BCUT2D eigenvalue weighted by Gasteiger charge is -2.25. The highest BCUT2D eigenvalue weighted by Gasteiger charge is 2.30. The zero-order valence-corrected chi connectivity index (χ0v) is 18.2. The van der Waals surface area contributed by atoms with Crippen molar-refractivity contribution in [2.45, 2.75) is 19.4 Å². The van der Waals surface area contributed by atoms with Gasteiger partial charge >= 0.3 is 0 Å². The van der Waals surface area contributed by atoms with E-state index in [-0.39, 0.29) is 5.91 Å². The first kappa shape index (κ1) is 21.3. The van der Waals surface area contributed by atoms with Crippen LogP contribution in [0.15, 0.2) is 79.4 Å². The van der Waals surface area contributed by atoms with Crippen LogP contribution in [0, 0.1) is 0 Å². The molecule has 4 aromatic rings.